The lowest BCUT2D eigenvalue weighted by atomic mass is 9.56. The Morgan fingerprint density at radius 1 is 1.41 bits per heavy atom. The number of aromatic carboxylic acids is 1. The molecule has 114 valence electrons. The molecule has 1 fully saturated rings. The van der Waals surface area contributed by atoms with E-state index < -0.39 is 17.0 Å². The number of nitriles is 1. The first kappa shape index (κ1) is 16.1. The highest BCUT2D eigenvalue weighted by Crippen LogP contribution is 2.51. The molecule has 0 bridgehead atoms. The molecule has 1 aromatic carbocycles. The number of carboxylic acid groups (broad SMARTS) is 1. The maximum absolute atomic E-state index is 11.0. The Morgan fingerprint density at radius 2 is 2.09 bits per heavy atom. The highest BCUT2D eigenvalue weighted by molar-refractivity contribution is 5.88. The molecule has 0 radical (unpaired) electrons. The summed E-state index contributed by atoms with van der Waals surface area (Å²) in [7, 11) is 0. The van der Waals surface area contributed by atoms with Crippen LogP contribution in [-0.2, 0) is 0 Å². The van der Waals surface area contributed by atoms with E-state index in [4.69, 9.17) is 5.11 Å². The number of carbonyl (C=O) groups is 1. The Kier molecular flexibility index (Phi) is 4.26. The lowest BCUT2D eigenvalue weighted by molar-refractivity contribution is -0.0796. The standard InChI is InChI=1S/C18H19NO3/c1-13(2)18(22,17(12-19)8-4-9-17)10-7-14-5-3-6-15(11-14)16(20)21/h3,5-6,11,13,22H,4,8-9H2,1-2H3,(H,20,21)/t18-/m1/s1. The van der Waals surface area contributed by atoms with Gasteiger partial charge < -0.3 is 10.2 Å². The molecule has 0 heterocycles. The van der Waals surface area contributed by atoms with Crippen LogP contribution in [0.3, 0.4) is 0 Å². The summed E-state index contributed by atoms with van der Waals surface area (Å²) in [5, 5.41) is 29.5. The molecule has 2 rings (SSSR count). The quantitative estimate of drug-likeness (QED) is 0.841. The van der Waals surface area contributed by atoms with Crippen molar-refractivity contribution in [2.75, 3.05) is 0 Å². The summed E-state index contributed by atoms with van der Waals surface area (Å²) in [6.07, 6.45) is 2.20. The average molecular weight is 297 g/mol. The number of hydrogen-bond donors (Lipinski definition) is 2. The summed E-state index contributed by atoms with van der Waals surface area (Å²) in [6.45, 7) is 3.69. The van der Waals surface area contributed by atoms with Crippen molar-refractivity contribution in [2.45, 2.75) is 38.7 Å². The predicted octanol–water partition coefficient (Wildman–Crippen LogP) is 2.82. The van der Waals surface area contributed by atoms with Gasteiger partial charge in [-0.2, -0.15) is 5.26 Å². The molecule has 1 saturated carbocycles. The number of benzene rings is 1. The molecule has 0 aliphatic heterocycles. The smallest absolute Gasteiger partial charge is 0.335 e. The highest BCUT2D eigenvalue weighted by Gasteiger charge is 2.55. The van der Waals surface area contributed by atoms with Crippen LogP contribution in [-0.4, -0.2) is 21.8 Å². The summed E-state index contributed by atoms with van der Waals surface area (Å²) in [5.74, 6) is 4.51. The van der Waals surface area contributed by atoms with Gasteiger partial charge in [0.2, 0.25) is 0 Å². The van der Waals surface area contributed by atoms with Crippen molar-refractivity contribution in [3.8, 4) is 17.9 Å². The van der Waals surface area contributed by atoms with Crippen molar-refractivity contribution in [2.24, 2.45) is 11.3 Å². The Labute approximate surface area is 130 Å². The second kappa shape index (κ2) is 5.83. The third-order valence-electron chi connectivity index (χ3n) is 4.49. The normalized spacial score (nSPS) is 18.3. The van der Waals surface area contributed by atoms with Crippen LogP contribution in [0.4, 0.5) is 0 Å². The molecule has 1 aromatic rings. The fourth-order valence-corrected chi connectivity index (χ4v) is 2.82. The van der Waals surface area contributed by atoms with Gasteiger partial charge in [0.25, 0.3) is 0 Å². The molecule has 0 spiro atoms. The minimum Gasteiger partial charge on any atom is -0.478 e. The van der Waals surface area contributed by atoms with Crippen molar-refractivity contribution >= 4 is 5.97 Å². The zero-order valence-electron chi connectivity index (χ0n) is 12.8. The summed E-state index contributed by atoms with van der Waals surface area (Å²) in [4.78, 5) is 11.0. The molecule has 4 nitrogen and oxygen atoms in total. The Morgan fingerprint density at radius 3 is 2.55 bits per heavy atom. The maximum atomic E-state index is 11.0. The molecule has 1 aliphatic rings. The molecule has 0 amide bonds. The summed E-state index contributed by atoms with van der Waals surface area (Å²) >= 11 is 0. The van der Waals surface area contributed by atoms with E-state index in [0.717, 1.165) is 6.42 Å². The first-order valence-electron chi connectivity index (χ1n) is 7.35. The molecular formula is C18H19NO3. The van der Waals surface area contributed by atoms with Gasteiger partial charge in [0, 0.05) is 5.56 Å². The van der Waals surface area contributed by atoms with Gasteiger partial charge in [0.15, 0.2) is 0 Å². The molecule has 0 saturated heterocycles. The number of nitrogens with zero attached hydrogens (tertiary/aromatic N) is 1. The van der Waals surface area contributed by atoms with E-state index >= 15 is 0 Å². The van der Waals surface area contributed by atoms with Crippen molar-refractivity contribution in [3.63, 3.8) is 0 Å². The molecule has 1 aliphatic carbocycles. The maximum Gasteiger partial charge on any atom is 0.335 e. The van der Waals surface area contributed by atoms with Crippen LogP contribution < -0.4 is 0 Å². The number of carboxylic acids is 1. The van der Waals surface area contributed by atoms with Crippen LogP contribution in [0.1, 0.15) is 49.0 Å². The van der Waals surface area contributed by atoms with Gasteiger partial charge in [-0.25, -0.2) is 4.79 Å². The lowest BCUT2D eigenvalue weighted by Gasteiger charge is -2.47. The van der Waals surface area contributed by atoms with Gasteiger partial charge >= 0.3 is 5.97 Å². The fourth-order valence-electron chi connectivity index (χ4n) is 2.82. The van der Waals surface area contributed by atoms with Gasteiger partial charge in [0.1, 0.15) is 5.60 Å². The third-order valence-corrected chi connectivity index (χ3v) is 4.49. The van der Waals surface area contributed by atoms with Crippen LogP contribution in [0.25, 0.3) is 0 Å². The minimum atomic E-state index is -1.39. The Balaban J connectivity index is 2.40. The molecule has 22 heavy (non-hydrogen) atoms. The van der Waals surface area contributed by atoms with Gasteiger partial charge in [-0.15, -0.1) is 0 Å². The van der Waals surface area contributed by atoms with Gasteiger partial charge in [-0.3, -0.25) is 0 Å². The molecule has 4 heteroatoms. The number of aliphatic hydroxyl groups is 1. The van der Waals surface area contributed by atoms with E-state index in [1.807, 2.05) is 13.8 Å². The van der Waals surface area contributed by atoms with E-state index in [0.29, 0.717) is 18.4 Å². The molecule has 1 atom stereocenters. The third kappa shape index (κ3) is 2.58. The van der Waals surface area contributed by atoms with Crippen molar-refractivity contribution < 1.29 is 15.0 Å². The second-order valence-corrected chi connectivity index (χ2v) is 6.10. The van der Waals surface area contributed by atoms with E-state index in [-0.39, 0.29) is 11.5 Å². The molecular weight excluding hydrogens is 278 g/mol. The van der Waals surface area contributed by atoms with Crippen molar-refractivity contribution in [1.82, 2.24) is 0 Å². The first-order valence-corrected chi connectivity index (χ1v) is 7.35. The van der Waals surface area contributed by atoms with Crippen LogP contribution in [0.15, 0.2) is 24.3 Å². The van der Waals surface area contributed by atoms with Crippen LogP contribution in [0.2, 0.25) is 0 Å². The fraction of sp³-hybridized carbons (Fsp3) is 0.444. The molecule has 2 N–H and O–H groups in total. The summed E-state index contributed by atoms with van der Waals surface area (Å²) in [5.41, 5.74) is -1.54. The minimum absolute atomic E-state index is 0.151. The summed E-state index contributed by atoms with van der Waals surface area (Å²) in [6, 6.07) is 8.53. The molecule has 0 aromatic heterocycles. The Bertz CT molecular complexity index is 686. The second-order valence-electron chi connectivity index (χ2n) is 6.10. The SMILES string of the molecule is CC(C)[C@](O)(C#Cc1cccc(C(=O)O)c1)C1(C#N)CCC1. The van der Waals surface area contributed by atoms with Crippen LogP contribution in [0, 0.1) is 34.5 Å². The zero-order valence-corrected chi connectivity index (χ0v) is 12.8. The van der Waals surface area contributed by atoms with Crippen molar-refractivity contribution in [1.29, 1.82) is 5.26 Å². The topological polar surface area (TPSA) is 81.3 Å². The average Bonchev–Trinajstić information content (AvgIpc) is 2.44. The lowest BCUT2D eigenvalue weighted by Crippen LogP contribution is -2.54. The van der Waals surface area contributed by atoms with Crippen molar-refractivity contribution in [3.05, 3.63) is 35.4 Å². The number of hydrogen-bond acceptors (Lipinski definition) is 3. The molecule has 0 unspecified atom stereocenters. The predicted molar refractivity (Wildman–Crippen MR) is 82.0 cm³/mol. The number of rotatable bonds is 3. The first-order chi connectivity index (χ1) is 10.3. The van der Waals surface area contributed by atoms with E-state index in [2.05, 4.69) is 17.9 Å². The van der Waals surface area contributed by atoms with Gasteiger partial charge in [-0.05, 0) is 43.4 Å². The van der Waals surface area contributed by atoms with E-state index in [1.165, 1.54) is 12.1 Å². The van der Waals surface area contributed by atoms with Gasteiger partial charge in [-0.1, -0.05) is 31.8 Å². The monoisotopic (exact) mass is 297 g/mol. The largest absolute Gasteiger partial charge is 0.478 e. The van der Waals surface area contributed by atoms with Crippen LogP contribution >= 0.6 is 0 Å². The van der Waals surface area contributed by atoms with E-state index in [1.54, 1.807) is 12.1 Å². The van der Waals surface area contributed by atoms with Crippen LogP contribution in [0.5, 0.6) is 0 Å². The zero-order chi connectivity index (χ0) is 16.4. The summed E-state index contributed by atoms with van der Waals surface area (Å²) < 4.78 is 0. The highest BCUT2D eigenvalue weighted by atomic mass is 16.4. The van der Waals surface area contributed by atoms with E-state index in [9.17, 15) is 15.2 Å². The Hall–Kier alpha value is -2.30. The van der Waals surface area contributed by atoms with Gasteiger partial charge in [0.05, 0.1) is 17.0 Å².